The Morgan fingerprint density at radius 1 is 0.968 bits per heavy atom. The smallest absolute Gasteiger partial charge is 0.264 e. The molecule has 162 valence electrons. The first-order chi connectivity index (χ1) is 14.9. The van der Waals surface area contributed by atoms with Crippen LogP contribution in [0.1, 0.15) is 5.56 Å². The van der Waals surface area contributed by atoms with Crippen molar-refractivity contribution in [3.05, 3.63) is 88.9 Å². The Morgan fingerprint density at radius 3 is 2.23 bits per heavy atom. The maximum Gasteiger partial charge on any atom is 0.264 e. The summed E-state index contributed by atoms with van der Waals surface area (Å²) in [5.41, 5.74) is 1.46. The lowest BCUT2D eigenvalue weighted by Gasteiger charge is -2.24. The molecule has 0 aromatic heterocycles. The summed E-state index contributed by atoms with van der Waals surface area (Å²) in [6.45, 7) is 0.0756. The van der Waals surface area contributed by atoms with Crippen molar-refractivity contribution in [2.75, 3.05) is 24.5 Å². The standard InChI is InChI=1S/C23H23BrN2O4S/c1-30-21-13-7-18(8-14-21)15-16-25-23(27)17-26(20-11-9-19(24)10-12-20)31(28,29)22-5-3-2-4-6-22/h2-14H,15-17H2,1H3,(H,25,27). The van der Waals surface area contributed by atoms with Crippen LogP contribution in [0.15, 0.2) is 88.2 Å². The molecule has 0 atom stereocenters. The lowest BCUT2D eigenvalue weighted by atomic mass is 10.1. The maximum atomic E-state index is 13.2. The Bertz CT molecular complexity index is 1100. The van der Waals surface area contributed by atoms with Crippen molar-refractivity contribution in [2.45, 2.75) is 11.3 Å². The normalized spacial score (nSPS) is 11.0. The Labute approximate surface area is 191 Å². The summed E-state index contributed by atoms with van der Waals surface area (Å²) < 4.78 is 33.5. The molecule has 0 aliphatic heterocycles. The number of hydrogen-bond acceptors (Lipinski definition) is 4. The number of benzene rings is 3. The molecule has 0 unspecified atom stereocenters. The first-order valence-electron chi connectivity index (χ1n) is 9.63. The zero-order valence-corrected chi connectivity index (χ0v) is 19.4. The third-order valence-electron chi connectivity index (χ3n) is 4.63. The number of nitrogens with zero attached hydrogens (tertiary/aromatic N) is 1. The van der Waals surface area contributed by atoms with E-state index in [2.05, 4.69) is 21.2 Å². The van der Waals surface area contributed by atoms with Crippen LogP contribution in [0.4, 0.5) is 5.69 Å². The minimum absolute atomic E-state index is 0.129. The van der Waals surface area contributed by atoms with E-state index in [1.165, 1.54) is 12.1 Å². The molecule has 0 saturated carbocycles. The first-order valence-corrected chi connectivity index (χ1v) is 11.9. The van der Waals surface area contributed by atoms with Gasteiger partial charge in [0.1, 0.15) is 12.3 Å². The van der Waals surface area contributed by atoms with Gasteiger partial charge in [-0.2, -0.15) is 0 Å². The predicted molar refractivity (Wildman–Crippen MR) is 125 cm³/mol. The number of nitrogens with one attached hydrogen (secondary N) is 1. The fourth-order valence-electron chi connectivity index (χ4n) is 2.97. The molecule has 3 rings (SSSR count). The summed E-state index contributed by atoms with van der Waals surface area (Å²) in [6, 6.07) is 22.5. The van der Waals surface area contributed by atoms with Gasteiger partial charge in [-0.25, -0.2) is 8.42 Å². The maximum absolute atomic E-state index is 13.2. The molecule has 0 radical (unpaired) electrons. The molecule has 0 saturated heterocycles. The molecule has 0 heterocycles. The molecule has 8 heteroatoms. The number of anilines is 1. The highest BCUT2D eigenvalue weighted by molar-refractivity contribution is 9.10. The molecule has 0 fully saturated rings. The molecule has 0 spiro atoms. The van der Waals surface area contributed by atoms with Crippen molar-refractivity contribution in [3.8, 4) is 5.75 Å². The second-order valence-corrected chi connectivity index (χ2v) is 9.53. The minimum Gasteiger partial charge on any atom is -0.497 e. The van der Waals surface area contributed by atoms with Crippen LogP contribution in [0.3, 0.4) is 0 Å². The predicted octanol–water partition coefficient (Wildman–Crippen LogP) is 4.01. The molecular weight excluding hydrogens is 480 g/mol. The number of carbonyl (C=O) groups is 1. The van der Waals surface area contributed by atoms with Gasteiger partial charge in [-0.15, -0.1) is 0 Å². The molecular formula is C23H23BrN2O4S. The van der Waals surface area contributed by atoms with E-state index >= 15 is 0 Å². The third kappa shape index (κ3) is 6.08. The number of halogens is 1. The number of sulfonamides is 1. The second-order valence-electron chi connectivity index (χ2n) is 6.75. The topological polar surface area (TPSA) is 75.7 Å². The molecule has 1 N–H and O–H groups in total. The van der Waals surface area contributed by atoms with Crippen molar-refractivity contribution in [1.82, 2.24) is 5.32 Å². The third-order valence-corrected chi connectivity index (χ3v) is 6.94. The molecule has 31 heavy (non-hydrogen) atoms. The highest BCUT2D eigenvalue weighted by atomic mass is 79.9. The van der Waals surface area contributed by atoms with Crippen molar-refractivity contribution >= 4 is 37.5 Å². The lowest BCUT2D eigenvalue weighted by Crippen LogP contribution is -2.41. The summed E-state index contributed by atoms with van der Waals surface area (Å²) >= 11 is 3.35. The Kier molecular flexibility index (Phi) is 7.70. The Morgan fingerprint density at radius 2 is 1.61 bits per heavy atom. The van der Waals surface area contributed by atoms with Gasteiger partial charge in [0.25, 0.3) is 10.0 Å². The van der Waals surface area contributed by atoms with Crippen LogP contribution in [0.5, 0.6) is 5.75 Å². The van der Waals surface area contributed by atoms with E-state index in [9.17, 15) is 13.2 Å². The van der Waals surface area contributed by atoms with Gasteiger partial charge in [0, 0.05) is 11.0 Å². The van der Waals surface area contributed by atoms with Gasteiger partial charge in [0.2, 0.25) is 5.91 Å². The van der Waals surface area contributed by atoms with Crippen molar-refractivity contribution < 1.29 is 17.9 Å². The highest BCUT2D eigenvalue weighted by Gasteiger charge is 2.26. The Balaban J connectivity index is 1.72. The monoisotopic (exact) mass is 502 g/mol. The zero-order chi connectivity index (χ0) is 22.3. The van der Waals surface area contributed by atoms with Crippen LogP contribution in [-0.2, 0) is 21.2 Å². The average Bonchev–Trinajstić information content (AvgIpc) is 2.79. The number of carbonyl (C=O) groups excluding carboxylic acids is 1. The van der Waals surface area contributed by atoms with Crippen LogP contribution in [-0.4, -0.2) is 34.5 Å². The highest BCUT2D eigenvalue weighted by Crippen LogP contribution is 2.25. The van der Waals surface area contributed by atoms with E-state index in [1.807, 2.05) is 24.3 Å². The summed E-state index contributed by atoms with van der Waals surface area (Å²) in [7, 11) is -2.30. The van der Waals surface area contributed by atoms with E-state index in [-0.39, 0.29) is 17.3 Å². The summed E-state index contributed by atoms with van der Waals surface area (Å²) in [4.78, 5) is 12.7. The van der Waals surface area contributed by atoms with Gasteiger partial charge in [-0.3, -0.25) is 9.10 Å². The summed E-state index contributed by atoms with van der Waals surface area (Å²) in [5.74, 6) is 0.389. The number of hydrogen-bond donors (Lipinski definition) is 1. The van der Waals surface area contributed by atoms with Crippen LogP contribution >= 0.6 is 15.9 Å². The number of ether oxygens (including phenoxy) is 1. The van der Waals surface area contributed by atoms with Crippen molar-refractivity contribution in [3.63, 3.8) is 0 Å². The quantitative estimate of drug-likeness (QED) is 0.479. The van der Waals surface area contributed by atoms with E-state index in [0.29, 0.717) is 18.7 Å². The van der Waals surface area contributed by atoms with Gasteiger partial charge < -0.3 is 10.1 Å². The first kappa shape index (κ1) is 22.8. The molecule has 1 amide bonds. The largest absolute Gasteiger partial charge is 0.497 e. The fourth-order valence-corrected chi connectivity index (χ4v) is 4.67. The summed E-state index contributed by atoms with van der Waals surface area (Å²) in [6.07, 6.45) is 0.624. The Hall–Kier alpha value is -2.84. The van der Waals surface area contributed by atoms with E-state index in [4.69, 9.17) is 4.74 Å². The van der Waals surface area contributed by atoms with Crippen LogP contribution in [0.2, 0.25) is 0 Å². The molecule has 3 aromatic rings. The van der Waals surface area contributed by atoms with Gasteiger partial charge >= 0.3 is 0 Å². The SMILES string of the molecule is COc1ccc(CCNC(=O)CN(c2ccc(Br)cc2)S(=O)(=O)c2ccccc2)cc1. The van der Waals surface area contributed by atoms with Crippen molar-refractivity contribution in [1.29, 1.82) is 0 Å². The van der Waals surface area contributed by atoms with E-state index in [0.717, 1.165) is 20.1 Å². The molecule has 0 aliphatic carbocycles. The second kappa shape index (κ2) is 10.5. The van der Waals surface area contributed by atoms with Crippen molar-refractivity contribution in [2.24, 2.45) is 0 Å². The van der Waals surface area contributed by atoms with Crippen LogP contribution in [0.25, 0.3) is 0 Å². The van der Waals surface area contributed by atoms with Crippen LogP contribution in [0, 0.1) is 0 Å². The van der Waals surface area contributed by atoms with E-state index in [1.54, 1.807) is 49.6 Å². The van der Waals surface area contributed by atoms with Gasteiger partial charge in [0.05, 0.1) is 17.7 Å². The van der Waals surface area contributed by atoms with E-state index < -0.39 is 10.0 Å². The van der Waals surface area contributed by atoms with Gasteiger partial charge in [-0.05, 0) is 60.5 Å². The fraction of sp³-hybridized carbons (Fsp3) is 0.174. The lowest BCUT2D eigenvalue weighted by molar-refractivity contribution is -0.119. The number of methoxy groups -OCH3 is 1. The van der Waals surface area contributed by atoms with Crippen LogP contribution < -0.4 is 14.4 Å². The average molecular weight is 503 g/mol. The number of amides is 1. The van der Waals surface area contributed by atoms with Gasteiger partial charge in [-0.1, -0.05) is 46.3 Å². The molecule has 0 bridgehead atoms. The molecule has 3 aromatic carbocycles. The minimum atomic E-state index is -3.90. The molecule has 6 nitrogen and oxygen atoms in total. The van der Waals surface area contributed by atoms with Gasteiger partial charge in [0.15, 0.2) is 0 Å². The zero-order valence-electron chi connectivity index (χ0n) is 17.0. The molecule has 0 aliphatic rings. The number of rotatable bonds is 9. The summed E-state index contributed by atoms with van der Waals surface area (Å²) in [5, 5.41) is 2.81.